The molecule has 0 aliphatic rings. The highest BCUT2D eigenvalue weighted by molar-refractivity contribution is 6.03. The van der Waals surface area contributed by atoms with Crippen LogP contribution < -0.4 is 16.2 Å². The average molecular weight is 422 g/mol. The quantitative estimate of drug-likeness (QED) is 0.445. The van der Waals surface area contributed by atoms with E-state index in [2.05, 4.69) is 15.7 Å². The summed E-state index contributed by atoms with van der Waals surface area (Å²) in [6.07, 6.45) is 1.68. The topological polar surface area (TPSA) is 119 Å². The Morgan fingerprint density at radius 2 is 1.68 bits per heavy atom. The van der Waals surface area contributed by atoms with E-state index in [0.717, 1.165) is 17.5 Å². The van der Waals surface area contributed by atoms with E-state index < -0.39 is 24.5 Å². The molecule has 0 spiro atoms. The fourth-order valence-electron chi connectivity index (χ4n) is 2.87. The zero-order valence-corrected chi connectivity index (χ0v) is 17.0. The zero-order chi connectivity index (χ0) is 22.2. The number of hydrogen-bond donors (Lipinski definition) is 2. The highest BCUT2D eigenvalue weighted by atomic mass is 16.5. The Labute approximate surface area is 178 Å². The number of imide groups is 1. The number of para-hydroxylation sites is 1. The molecule has 2 aromatic carbocycles. The van der Waals surface area contributed by atoms with Gasteiger partial charge in [-0.15, -0.1) is 0 Å². The number of fused-ring (bicyclic) bond motifs is 1. The van der Waals surface area contributed by atoms with Crippen LogP contribution in [0.1, 0.15) is 30.3 Å². The molecule has 9 nitrogen and oxygen atoms in total. The molecule has 9 heteroatoms. The summed E-state index contributed by atoms with van der Waals surface area (Å²) in [6, 6.07) is 14.5. The van der Waals surface area contributed by atoms with E-state index in [1.807, 2.05) is 6.92 Å². The first-order chi connectivity index (χ1) is 15.0. The van der Waals surface area contributed by atoms with Crippen LogP contribution in [0.25, 0.3) is 16.5 Å². The zero-order valence-electron chi connectivity index (χ0n) is 17.0. The van der Waals surface area contributed by atoms with Crippen molar-refractivity contribution in [2.24, 2.45) is 0 Å². The molecule has 2 N–H and O–H groups in total. The van der Waals surface area contributed by atoms with E-state index in [-0.39, 0.29) is 16.6 Å². The van der Waals surface area contributed by atoms with Crippen molar-refractivity contribution in [1.82, 2.24) is 20.4 Å². The first-order valence-electron chi connectivity index (χ1n) is 9.83. The normalized spacial score (nSPS) is 10.5. The smallest absolute Gasteiger partial charge is 0.359 e. The Balaban J connectivity index is 1.79. The summed E-state index contributed by atoms with van der Waals surface area (Å²) in [5.74, 6) is -1.66. The highest BCUT2D eigenvalue weighted by Gasteiger charge is 2.20. The number of urea groups is 1. The van der Waals surface area contributed by atoms with Gasteiger partial charge in [-0.3, -0.25) is 14.9 Å². The lowest BCUT2D eigenvalue weighted by molar-refractivity contribution is -0.123. The summed E-state index contributed by atoms with van der Waals surface area (Å²) in [5, 5.41) is 9.39. The van der Waals surface area contributed by atoms with Crippen molar-refractivity contribution in [3.63, 3.8) is 0 Å². The third kappa shape index (κ3) is 5.33. The van der Waals surface area contributed by atoms with Crippen LogP contribution in [0.4, 0.5) is 4.79 Å². The number of benzene rings is 2. The molecule has 31 heavy (non-hydrogen) atoms. The first kappa shape index (κ1) is 21.7. The fraction of sp³-hybridized carbons (Fsp3) is 0.227. The van der Waals surface area contributed by atoms with Crippen LogP contribution in [0.3, 0.4) is 0 Å². The lowest BCUT2D eigenvalue weighted by atomic mass is 10.1. The second-order valence-corrected chi connectivity index (χ2v) is 6.68. The summed E-state index contributed by atoms with van der Waals surface area (Å²) in [6.45, 7) is 1.75. The molecule has 1 aromatic heterocycles. The van der Waals surface area contributed by atoms with E-state index in [1.165, 1.54) is 0 Å². The minimum atomic E-state index is -0.887. The Morgan fingerprint density at radius 1 is 1.00 bits per heavy atom. The summed E-state index contributed by atoms with van der Waals surface area (Å²) < 4.78 is 6.16. The van der Waals surface area contributed by atoms with Crippen molar-refractivity contribution in [3.05, 3.63) is 70.6 Å². The molecule has 0 aliphatic heterocycles. The van der Waals surface area contributed by atoms with E-state index >= 15 is 0 Å². The molecule has 0 radical (unpaired) electrons. The van der Waals surface area contributed by atoms with Gasteiger partial charge in [0, 0.05) is 11.9 Å². The minimum absolute atomic E-state index is 0.112. The molecule has 3 aromatic rings. The molecule has 0 fully saturated rings. The monoisotopic (exact) mass is 422 g/mol. The predicted molar refractivity (Wildman–Crippen MR) is 114 cm³/mol. The van der Waals surface area contributed by atoms with E-state index in [4.69, 9.17) is 4.74 Å². The molecule has 0 atom stereocenters. The van der Waals surface area contributed by atoms with Gasteiger partial charge in [0.25, 0.3) is 11.5 Å². The number of aromatic nitrogens is 2. The predicted octanol–water partition coefficient (Wildman–Crippen LogP) is 2.17. The van der Waals surface area contributed by atoms with Crippen LogP contribution in [-0.2, 0) is 9.53 Å². The second kappa shape index (κ2) is 10.1. The maximum atomic E-state index is 12.8. The molecule has 160 valence electrons. The molecule has 3 amide bonds. The van der Waals surface area contributed by atoms with Gasteiger partial charge in [0.15, 0.2) is 12.3 Å². The Hall–Kier alpha value is -4.01. The number of ether oxygens (including phenoxy) is 1. The van der Waals surface area contributed by atoms with Crippen LogP contribution in [0.15, 0.2) is 59.4 Å². The molecule has 0 bridgehead atoms. The Bertz CT molecular complexity index is 1160. The standard InChI is InChI=1S/C22H22N4O5/c1-2-3-13-23-22(30)24-18(27)14-31-21(29)19-16-11-7-8-12-17(16)20(28)26(25-19)15-9-5-4-6-10-15/h4-12H,2-3,13-14H2,1H3,(H2,23,24,27,30). The minimum Gasteiger partial charge on any atom is -0.451 e. The molecule has 0 aliphatic carbocycles. The van der Waals surface area contributed by atoms with Crippen molar-refractivity contribution >= 4 is 28.7 Å². The van der Waals surface area contributed by atoms with Gasteiger partial charge in [-0.25, -0.2) is 9.59 Å². The van der Waals surface area contributed by atoms with Crippen molar-refractivity contribution in [3.8, 4) is 5.69 Å². The molecular formula is C22H22N4O5. The van der Waals surface area contributed by atoms with E-state index in [0.29, 0.717) is 17.6 Å². The fourth-order valence-corrected chi connectivity index (χ4v) is 2.87. The molecule has 0 unspecified atom stereocenters. The maximum Gasteiger partial charge on any atom is 0.359 e. The van der Waals surface area contributed by atoms with Gasteiger partial charge >= 0.3 is 12.0 Å². The van der Waals surface area contributed by atoms with E-state index in [1.54, 1.807) is 54.6 Å². The number of hydrogen-bond acceptors (Lipinski definition) is 6. The van der Waals surface area contributed by atoms with Gasteiger partial charge in [-0.1, -0.05) is 49.7 Å². The Morgan fingerprint density at radius 3 is 2.39 bits per heavy atom. The summed E-state index contributed by atoms with van der Waals surface area (Å²) in [5.41, 5.74) is -0.0205. The van der Waals surface area contributed by atoms with Crippen molar-refractivity contribution < 1.29 is 19.1 Å². The molecule has 0 saturated carbocycles. The molecule has 0 saturated heterocycles. The molecule has 3 rings (SSSR count). The third-order valence-corrected chi connectivity index (χ3v) is 4.40. The van der Waals surface area contributed by atoms with Crippen LogP contribution >= 0.6 is 0 Å². The Kier molecular flexibility index (Phi) is 7.10. The van der Waals surface area contributed by atoms with Crippen molar-refractivity contribution in [2.45, 2.75) is 19.8 Å². The maximum absolute atomic E-state index is 12.8. The average Bonchev–Trinajstić information content (AvgIpc) is 2.78. The number of nitrogens with one attached hydrogen (secondary N) is 2. The van der Waals surface area contributed by atoms with Crippen LogP contribution in [0.2, 0.25) is 0 Å². The lowest BCUT2D eigenvalue weighted by Gasteiger charge is -2.11. The van der Waals surface area contributed by atoms with Gasteiger partial charge in [0.1, 0.15) is 0 Å². The number of esters is 1. The molecular weight excluding hydrogens is 400 g/mol. The second-order valence-electron chi connectivity index (χ2n) is 6.68. The highest BCUT2D eigenvalue weighted by Crippen LogP contribution is 2.16. The van der Waals surface area contributed by atoms with Gasteiger partial charge < -0.3 is 10.1 Å². The molecule has 1 heterocycles. The van der Waals surface area contributed by atoms with Gasteiger partial charge in [-0.05, 0) is 24.6 Å². The number of rotatable bonds is 7. The van der Waals surface area contributed by atoms with Gasteiger partial charge in [0.05, 0.1) is 11.1 Å². The van der Waals surface area contributed by atoms with Crippen LogP contribution in [0.5, 0.6) is 0 Å². The number of unbranched alkanes of at least 4 members (excludes halogenated alkanes) is 1. The summed E-state index contributed by atoms with van der Waals surface area (Å²) >= 11 is 0. The lowest BCUT2D eigenvalue weighted by Crippen LogP contribution is -2.41. The van der Waals surface area contributed by atoms with Crippen LogP contribution in [-0.4, -0.2) is 40.8 Å². The largest absolute Gasteiger partial charge is 0.451 e. The van der Waals surface area contributed by atoms with Crippen molar-refractivity contribution in [2.75, 3.05) is 13.2 Å². The number of amides is 3. The first-order valence-corrected chi connectivity index (χ1v) is 9.83. The van der Waals surface area contributed by atoms with E-state index in [9.17, 15) is 19.2 Å². The van der Waals surface area contributed by atoms with Gasteiger partial charge in [-0.2, -0.15) is 9.78 Å². The third-order valence-electron chi connectivity index (χ3n) is 4.40. The SMILES string of the molecule is CCCCNC(=O)NC(=O)COC(=O)c1nn(-c2ccccc2)c(=O)c2ccccc12. The number of nitrogens with zero attached hydrogens (tertiary/aromatic N) is 2. The van der Waals surface area contributed by atoms with Gasteiger partial charge in [0.2, 0.25) is 0 Å². The summed E-state index contributed by atoms with van der Waals surface area (Å²) in [7, 11) is 0. The van der Waals surface area contributed by atoms with Crippen molar-refractivity contribution in [1.29, 1.82) is 0 Å². The summed E-state index contributed by atoms with van der Waals surface area (Å²) in [4.78, 5) is 49.0. The van der Waals surface area contributed by atoms with Crippen LogP contribution in [0, 0.1) is 0 Å². The number of carbonyl (C=O) groups is 3. The number of carbonyl (C=O) groups excluding carboxylic acids is 3.